The summed E-state index contributed by atoms with van der Waals surface area (Å²) >= 11 is 11.7. The van der Waals surface area contributed by atoms with Crippen molar-refractivity contribution < 1.29 is 13.2 Å². The second-order valence-electron chi connectivity index (χ2n) is 4.68. The largest absolute Gasteiger partial charge is 0.326 e. The van der Waals surface area contributed by atoms with Crippen molar-refractivity contribution in [2.45, 2.75) is 12.5 Å². The summed E-state index contributed by atoms with van der Waals surface area (Å²) < 4.78 is 23.0. The zero-order valence-electron chi connectivity index (χ0n) is 10.5. The molecule has 1 aromatic rings. The first-order chi connectivity index (χ1) is 9.34. The Bertz CT molecular complexity index is 599. The standard InChI is InChI=1S/C12H14Cl2N2O3S/c13-8-3-9(14)5-10(4-8)16-12(17)6-11-7-20(18,19)2-1-15-11/h3-5,11,15H,1-2,6-7H2,(H,16,17). The van der Waals surface area contributed by atoms with Crippen LogP contribution in [0.15, 0.2) is 18.2 Å². The van der Waals surface area contributed by atoms with E-state index in [1.54, 1.807) is 18.2 Å². The lowest BCUT2D eigenvalue weighted by Gasteiger charge is -2.23. The molecule has 1 aliphatic heterocycles. The van der Waals surface area contributed by atoms with Crippen LogP contribution in [0.2, 0.25) is 10.0 Å². The minimum Gasteiger partial charge on any atom is -0.326 e. The second-order valence-corrected chi connectivity index (χ2v) is 7.78. The van der Waals surface area contributed by atoms with E-state index in [4.69, 9.17) is 23.2 Å². The molecule has 110 valence electrons. The number of rotatable bonds is 3. The lowest BCUT2D eigenvalue weighted by atomic mass is 10.2. The first-order valence-electron chi connectivity index (χ1n) is 6.04. The predicted molar refractivity (Wildman–Crippen MR) is 80.2 cm³/mol. The number of nitrogens with one attached hydrogen (secondary N) is 2. The Hall–Kier alpha value is -0.820. The molecule has 8 heteroatoms. The third kappa shape index (κ3) is 4.63. The third-order valence-electron chi connectivity index (χ3n) is 2.88. The number of sulfone groups is 1. The number of carbonyl (C=O) groups is 1. The van der Waals surface area contributed by atoms with Gasteiger partial charge in [-0.05, 0) is 18.2 Å². The van der Waals surface area contributed by atoms with Crippen LogP contribution in [-0.2, 0) is 14.6 Å². The molecule has 0 spiro atoms. The highest BCUT2D eigenvalue weighted by molar-refractivity contribution is 7.91. The molecule has 0 aromatic heterocycles. The lowest BCUT2D eigenvalue weighted by Crippen LogP contribution is -2.46. The number of hydrogen-bond acceptors (Lipinski definition) is 4. The van der Waals surface area contributed by atoms with Crippen LogP contribution >= 0.6 is 23.2 Å². The van der Waals surface area contributed by atoms with Crippen molar-refractivity contribution in [1.29, 1.82) is 0 Å². The van der Waals surface area contributed by atoms with Gasteiger partial charge in [0.05, 0.1) is 11.5 Å². The van der Waals surface area contributed by atoms with Crippen molar-refractivity contribution in [2.24, 2.45) is 0 Å². The fourth-order valence-corrected chi connectivity index (χ4v) is 4.03. The highest BCUT2D eigenvalue weighted by Crippen LogP contribution is 2.22. The molecule has 20 heavy (non-hydrogen) atoms. The van der Waals surface area contributed by atoms with Gasteiger partial charge in [0.2, 0.25) is 5.91 Å². The SMILES string of the molecule is O=C(CC1CS(=O)(=O)CCN1)Nc1cc(Cl)cc(Cl)c1. The van der Waals surface area contributed by atoms with Crippen molar-refractivity contribution in [3.8, 4) is 0 Å². The minimum absolute atomic E-state index is 0.0171. The van der Waals surface area contributed by atoms with Crippen molar-refractivity contribution in [3.63, 3.8) is 0 Å². The molecular weight excluding hydrogens is 323 g/mol. The fraction of sp³-hybridized carbons (Fsp3) is 0.417. The van der Waals surface area contributed by atoms with Gasteiger partial charge in [0.15, 0.2) is 9.84 Å². The van der Waals surface area contributed by atoms with Crippen LogP contribution in [-0.4, -0.2) is 38.4 Å². The number of halogens is 2. The molecule has 1 aliphatic rings. The van der Waals surface area contributed by atoms with Gasteiger partial charge < -0.3 is 10.6 Å². The normalized spacial score (nSPS) is 21.4. The van der Waals surface area contributed by atoms with E-state index in [0.29, 0.717) is 22.3 Å². The quantitative estimate of drug-likeness (QED) is 0.881. The fourth-order valence-electron chi connectivity index (χ4n) is 2.06. The Morgan fingerprint density at radius 3 is 2.55 bits per heavy atom. The average molecular weight is 337 g/mol. The Morgan fingerprint density at radius 2 is 1.95 bits per heavy atom. The average Bonchev–Trinajstić information content (AvgIpc) is 2.25. The van der Waals surface area contributed by atoms with Crippen molar-refractivity contribution in [3.05, 3.63) is 28.2 Å². The molecule has 1 aromatic carbocycles. The molecule has 0 saturated carbocycles. The van der Waals surface area contributed by atoms with Crippen LogP contribution < -0.4 is 10.6 Å². The lowest BCUT2D eigenvalue weighted by molar-refractivity contribution is -0.116. The van der Waals surface area contributed by atoms with Gasteiger partial charge >= 0.3 is 0 Å². The third-order valence-corrected chi connectivity index (χ3v) is 5.05. The highest BCUT2D eigenvalue weighted by Gasteiger charge is 2.25. The molecule has 0 bridgehead atoms. The summed E-state index contributed by atoms with van der Waals surface area (Å²) in [6, 6.07) is 4.37. The van der Waals surface area contributed by atoms with E-state index in [1.165, 1.54) is 0 Å². The summed E-state index contributed by atoms with van der Waals surface area (Å²) in [5.74, 6) is -0.177. The molecule has 0 radical (unpaired) electrons. The van der Waals surface area contributed by atoms with Crippen LogP contribution in [0.4, 0.5) is 5.69 Å². The van der Waals surface area contributed by atoms with Gasteiger partial charge in [-0.25, -0.2) is 8.42 Å². The van der Waals surface area contributed by atoms with Crippen LogP contribution in [0.3, 0.4) is 0 Å². The van der Waals surface area contributed by atoms with Crippen LogP contribution in [0.1, 0.15) is 6.42 Å². The van der Waals surface area contributed by atoms with Gasteiger partial charge in [0, 0.05) is 34.7 Å². The topological polar surface area (TPSA) is 75.3 Å². The molecule has 0 aliphatic carbocycles. The van der Waals surface area contributed by atoms with Crippen molar-refractivity contribution >= 4 is 44.6 Å². The molecule has 1 amide bonds. The number of hydrogen-bond donors (Lipinski definition) is 2. The van der Waals surface area contributed by atoms with E-state index < -0.39 is 9.84 Å². The first-order valence-corrected chi connectivity index (χ1v) is 8.61. The van der Waals surface area contributed by atoms with Crippen molar-refractivity contribution in [2.75, 3.05) is 23.4 Å². The second kappa shape index (κ2) is 6.30. The van der Waals surface area contributed by atoms with Gasteiger partial charge in [0.25, 0.3) is 0 Å². The van der Waals surface area contributed by atoms with E-state index >= 15 is 0 Å². The highest BCUT2D eigenvalue weighted by atomic mass is 35.5. The number of carbonyl (C=O) groups excluding carboxylic acids is 1. The molecule has 1 saturated heterocycles. The summed E-state index contributed by atoms with van der Waals surface area (Å²) in [7, 11) is -3.05. The molecular formula is C12H14Cl2N2O3S. The van der Waals surface area contributed by atoms with Gasteiger partial charge in [-0.3, -0.25) is 4.79 Å². The van der Waals surface area contributed by atoms with Crippen molar-refractivity contribution in [1.82, 2.24) is 5.32 Å². The van der Waals surface area contributed by atoms with E-state index in [0.717, 1.165) is 0 Å². The van der Waals surface area contributed by atoms with Crippen LogP contribution in [0.5, 0.6) is 0 Å². The summed E-state index contributed by atoms with van der Waals surface area (Å²) in [5.41, 5.74) is 0.492. The maximum absolute atomic E-state index is 11.9. The summed E-state index contributed by atoms with van der Waals surface area (Å²) in [6.07, 6.45) is 0.0867. The van der Waals surface area contributed by atoms with Gasteiger partial charge in [-0.1, -0.05) is 23.2 Å². The van der Waals surface area contributed by atoms with E-state index in [-0.39, 0.29) is 29.9 Å². The molecule has 1 fully saturated rings. The molecule has 1 atom stereocenters. The van der Waals surface area contributed by atoms with Crippen LogP contribution in [0, 0.1) is 0 Å². The summed E-state index contributed by atoms with van der Waals surface area (Å²) in [6.45, 7) is 0.378. The minimum atomic E-state index is -3.05. The Morgan fingerprint density at radius 1 is 1.30 bits per heavy atom. The molecule has 2 N–H and O–H groups in total. The van der Waals surface area contributed by atoms with Gasteiger partial charge in [0.1, 0.15) is 0 Å². The number of anilines is 1. The van der Waals surface area contributed by atoms with Gasteiger partial charge in [-0.2, -0.15) is 0 Å². The Labute approximate surface area is 127 Å². The summed E-state index contributed by atoms with van der Waals surface area (Å²) in [5, 5.41) is 6.52. The molecule has 1 heterocycles. The molecule has 5 nitrogen and oxygen atoms in total. The van der Waals surface area contributed by atoms with E-state index in [1.807, 2.05) is 0 Å². The zero-order valence-corrected chi connectivity index (χ0v) is 12.9. The van der Waals surface area contributed by atoms with E-state index in [9.17, 15) is 13.2 Å². The smallest absolute Gasteiger partial charge is 0.225 e. The molecule has 1 unspecified atom stereocenters. The number of benzene rings is 1. The van der Waals surface area contributed by atoms with Gasteiger partial charge in [-0.15, -0.1) is 0 Å². The molecule has 2 rings (SSSR count). The zero-order chi connectivity index (χ0) is 14.8. The van der Waals surface area contributed by atoms with Crippen LogP contribution in [0.25, 0.3) is 0 Å². The number of amides is 1. The predicted octanol–water partition coefficient (Wildman–Crippen LogP) is 1.71. The first kappa shape index (κ1) is 15.6. The Kier molecular flexibility index (Phi) is 4.90. The maximum Gasteiger partial charge on any atom is 0.225 e. The summed E-state index contributed by atoms with van der Waals surface area (Å²) in [4.78, 5) is 11.9. The maximum atomic E-state index is 11.9. The monoisotopic (exact) mass is 336 g/mol. The Balaban J connectivity index is 1.95. The van der Waals surface area contributed by atoms with E-state index in [2.05, 4.69) is 10.6 Å².